The van der Waals surface area contributed by atoms with Crippen LogP contribution in [-0.4, -0.2) is 74.3 Å². The molecular weight excluding hydrogens is 856 g/mol. The number of likely N-dealkylation sites (N-methyl/N-ethyl adjacent to an activating group) is 1. The number of allylic oxidation sites excluding steroid dienone is 1. The fraction of sp³-hybridized carbons (Fsp3) is 0.930. The van der Waals surface area contributed by atoms with Crippen LogP contribution in [0.2, 0.25) is 0 Å². The van der Waals surface area contributed by atoms with Crippen LogP contribution in [-0.2, 0) is 27.9 Å². The predicted octanol–water partition coefficient (Wildman–Crippen LogP) is 17.2. The van der Waals surface area contributed by atoms with E-state index in [1.807, 2.05) is 33.3 Å². The molecule has 1 amide bonds. The smallest absolute Gasteiger partial charge is 0.456 e. The minimum Gasteiger partial charge on any atom is -0.456 e. The number of ether oxygens (including phenoxy) is 1. The molecule has 0 saturated heterocycles. The molecule has 0 aromatic heterocycles. The molecule has 0 spiro atoms. The van der Waals surface area contributed by atoms with Crippen molar-refractivity contribution in [2.75, 3.05) is 40.9 Å². The van der Waals surface area contributed by atoms with E-state index in [2.05, 4.69) is 26.1 Å². The van der Waals surface area contributed by atoms with Crippen LogP contribution in [0.1, 0.15) is 290 Å². The van der Waals surface area contributed by atoms with E-state index in [1.165, 1.54) is 199 Å². The van der Waals surface area contributed by atoms with Gasteiger partial charge >= 0.3 is 13.8 Å². The molecule has 0 fully saturated rings. The van der Waals surface area contributed by atoms with Gasteiger partial charge < -0.3 is 19.4 Å². The molecule has 0 aromatic carbocycles. The number of carbonyl (C=O) groups is 2. The van der Waals surface area contributed by atoms with E-state index < -0.39 is 20.0 Å². The van der Waals surface area contributed by atoms with Gasteiger partial charge in [0.15, 0.2) is 0 Å². The number of quaternary nitrogens is 1. The third-order valence-electron chi connectivity index (χ3n) is 13.2. The summed E-state index contributed by atoms with van der Waals surface area (Å²) in [5.74, 6) is -0.488. The molecule has 0 aromatic rings. The number of phosphoric ester groups is 1. The Morgan fingerprint density at radius 2 is 0.851 bits per heavy atom. The summed E-state index contributed by atoms with van der Waals surface area (Å²) in [5.41, 5.74) is 0. The number of unbranched alkanes of at least 4 members (excludes halogenated alkanes) is 37. The number of esters is 1. The lowest BCUT2D eigenvalue weighted by Gasteiger charge is -2.27. The Bertz CT molecular complexity index is 1160. The lowest BCUT2D eigenvalue weighted by Crippen LogP contribution is -2.47. The molecule has 0 heterocycles. The van der Waals surface area contributed by atoms with E-state index in [1.54, 1.807) is 0 Å². The number of hydrogen-bond acceptors (Lipinski definition) is 6. The number of phosphoric acid groups is 1. The molecule has 0 aliphatic carbocycles. The normalized spacial score (nSPS) is 13.8. The van der Waals surface area contributed by atoms with Crippen molar-refractivity contribution in [1.29, 1.82) is 0 Å². The van der Waals surface area contributed by atoms with Crippen molar-refractivity contribution in [3.63, 3.8) is 0 Å². The highest BCUT2D eigenvalue weighted by Crippen LogP contribution is 2.43. The molecule has 2 N–H and O–H groups in total. The lowest BCUT2D eigenvalue weighted by atomic mass is 10.0. The second kappa shape index (κ2) is 48.4. The molecule has 67 heavy (non-hydrogen) atoms. The third kappa shape index (κ3) is 49.5. The Morgan fingerprint density at radius 3 is 1.22 bits per heavy atom. The van der Waals surface area contributed by atoms with Crippen molar-refractivity contribution in [2.24, 2.45) is 0 Å². The summed E-state index contributed by atoms with van der Waals surface area (Å²) in [6.07, 6.45) is 53.4. The number of amides is 1. The van der Waals surface area contributed by atoms with E-state index in [0.29, 0.717) is 23.9 Å². The molecule has 0 radical (unpaired) electrons. The molecule has 10 heteroatoms. The van der Waals surface area contributed by atoms with Crippen LogP contribution < -0.4 is 5.32 Å². The summed E-state index contributed by atoms with van der Waals surface area (Å²) in [7, 11) is 1.51. The highest BCUT2D eigenvalue weighted by atomic mass is 31.2. The van der Waals surface area contributed by atoms with Crippen LogP contribution in [0, 0.1) is 0 Å². The monoisotopic (exact) mass is 970 g/mol. The van der Waals surface area contributed by atoms with Crippen LogP contribution in [0.25, 0.3) is 0 Å². The second-order valence-corrected chi connectivity index (χ2v) is 22.6. The number of hydrogen-bond donors (Lipinski definition) is 2. The van der Waals surface area contributed by atoms with Gasteiger partial charge in [-0.25, -0.2) is 4.57 Å². The fourth-order valence-electron chi connectivity index (χ4n) is 8.71. The molecule has 0 rings (SSSR count). The molecule has 9 nitrogen and oxygen atoms in total. The Morgan fingerprint density at radius 1 is 0.507 bits per heavy atom. The zero-order valence-electron chi connectivity index (χ0n) is 45.4. The van der Waals surface area contributed by atoms with Crippen LogP contribution in [0.4, 0.5) is 0 Å². The maximum absolute atomic E-state index is 13.5. The highest BCUT2D eigenvalue weighted by molar-refractivity contribution is 7.47. The lowest BCUT2D eigenvalue weighted by molar-refractivity contribution is -0.870. The summed E-state index contributed by atoms with van der Waals surface area (Å²) in [6, 6.07) is -0.837. The topological polar surface area (TPSA) is 111 Å². The van der Waals surface area contributed by atoms with Gasteiger partial charge in [0.1, 0.15) is 19.3 Å². The molecule has 398 valence electrons. The van der Waals surface area contributed by atoms with Gasteiger partial charge in [0.2, 0.25) is 5.91 Å². The molecule has 0 saturated carbocycles. The van der Waals surface area contributed by atoms with Crippen molar-refractivity contribution >= 4 is 19.7 Å². The van der Waals surface area contributed by atoms with E-state index in [-0.39, 0.29) is 25.1 Å². The first-order chi connectivity index (χ1) is 32.4. The van der Waals surface area contributed by atoms with Gasteiger partial charge in [0.05, 0.1) is 33.8 Å². The Labute approximate surface area is 416 Å². The van der Waals surface area contributed by atoms with Gasteiger partial charge in [-0.1, -0.05) is 258 Å². The van der Waals surface area contributed by atoms with Crippen LogP contribution in [0.3, 0.4) is 0 Å². The molecule has 0 aliphatic rings. The predicted molar refractivity (Wildman–Crippen MR) is 287 cm³/mol. The number of carbonyl (C=O) groups excluding carboxylic acids is 2. The first-order valence-corrected chi connectivity index (χ1v) is 30.5. The zero-order valence-corrected chi connectivity index (χ0v) is 46.3. The molecule has 3 unspecified atom stereocenters. The van der Waals surface area contributed by atoms with E-state index >= 15 is 0 Å². The molecule has 0 aliphatic heterocycles. The molecule has 0 bridgehead atoms. The number of nitrogens with zero attached hydrogens (tertiary/aromatic N) is 1. The van der Waals surface area contributed by atoms with Crippen LogP contribution in [0.15, 0.2) is 12.2 Å². The van der Waals surface area contributed by atoms with Crippen molar-refractivity contribution < 1.29 is 37.3 Å². The van der Waals surface area contributed by atoms with Gasteiger partial charge in [0.25, 0.3) is 0 Å². The summed E-state index contributed by atoms with van der Waals surface area (Å²) < 4.78 is 30.6. The summed E-state index contributed by atoms with van der Waals surface area (Å²) in [6.45, 7) is 7.04. The molecular formula is C57H114N2O7P+. The third-order valence-corrected chi connectivity index (χ3v) is 14.2. The standard InChI is InChI=1S/C57H113N2O7P/c1-7-10-13-16-19-22-25-27-28-29-30-32-34-37-40-43-46-49-56(60)58-54(53-65-67(62,63)64-52-51-59(4,5)6)55(48-45-42-39-36-33-24-21-18-15-12-9-3)66-57(61)50-47-44-41-38-35-31-26-23-20-17-14-11-8-2/h45,48,54-55H,7-44,46-47,49-53H2,1-6H3,(H-,58,60,62,63)/p+1/b48-45+. The zero-order chi connectivity index (χ0) is 49.4. The summed E-state index contributed by atoms with van der Waals surface area (Å²) in [5, 5.41) is 3.05. The number of nitrogens with one attached hydrogen (secondary N) is 1. The van der Waals surface area contributed by atoms with E-state index in [9.17, 15) is 19.0 Å². The maximum atomic E-state index is 13.5. The van der Waals surface area contributed by atoms with E-state index in [0.717, 1.165) is 57.8 Å². The largest absolute Gasteiger partial charge is 0.472 e. The second-order valence-electron chi connectivity index (χ2n) is 21.2. The van der Waals surface area contributed by atoms with Crippen LogP contribution in [0.5, 0.6) is 0 Å². The van der Waals surface area contributed by atoms with Crippen molar-refractivity contribution in [2.45, 2.75) is 303 Å². The van der Waals surface area contributed by atoms with E-state index in [4.69, 9.17) is 13.8 Å². The maximum Gasteiger partial charge on any atom is 0.472 e. The first kappa shape index (κ1) is 65.8. The van der Waals surface area contributed by atoms with Gasteiger partial charge in [-0.2, -0.15) is 0 Å². The van der Waals surface area contributed by atoms with Gasteiger partial charge in [-0.05, 0) is 31.8 Å². The first-order valence-electron chi connectivity index (χ1n) is 29.0. The number of rotatable bonds is 53. The minimum absolute atomic E-state index is 0.0454. The summed E-state index contributed by atoms with van der Waals surface area (Å²) >= 11 is 0. The van der Waals surface area contributed by atoms with Crippen LogP contribution >= 0.6 is 7.82 Å². The van der Waals surface area contributed by atoms with Gasteiger partial charge in [-0.15, -0.1) is 0 Å². The SMILES string of the molecule is CCCCCCCCCCC/C=C/C(OC(=O)CCCCCCCCCCCCCCC)C(COP(=O)(O)OCC[N+](C)(C)C)NC(=O)CCCCCCCCCCCCCCCCCCC. The molecule has 3 atom stereocenters. The van der Waals surface area contributed by atoms with Crippen molar-refractivity contribution in [3.05, 3.63) is 12.2 Å². The fourth-order valence-corrected chi connectivity index (χ4v) is 9.44. The van der Waals surface area contributed by atoms with Gasteiger partial charge in [0, 0.05) is 12.8 Å². The highest BCUT2D eigenvalue weighted by Gasteiger charge is 2.30. The minimum atomic E-state index is -4.43. The Hall–Kier alpha value is -1.25. The summed E-state index contributed by atoms with van der Waals surface area (Å²) in [4.78, 5) is 37.5. The average Bonchev–Trinajstić information content (AvgIpc) is 3.28. The quantitative estimate of drug-likeness (QED) is 0.0205. The average molecular weight is 971 g/mol. The van der Waals surface area contributed by atoms with Crippen molar-refractivity contribution in [3.8, 4) is 0 Å². The van der Waals surface area contributed by atoms with Crippen molar-refractivity contribution in [1.82, 2.24) is 5.32 Å². The van der Waals surface area contributed by atoms with Gasteiger partial charge in [-0.3, -0.25) is 18.6 Å². The Balaban J connectivity index is 5.25. The Kier molecular flexibility index (Phi) is 47.5.